The number of hydrogen-bond acceptors (Lipinski definition) is 6. The summed E-state index contributed by atoms with van der Waals surface area (Å²) in [6.07, 6.45) is 9.63. The van der Waals surface area contributed by atoms with Crippen molar-refractivity contribution in [3.8, 4) is 0 Å². The lowest BCUT2D eigenvalue weighted by atomic mass is 9.84. The maximum Gasteiger partial charge on any atom is 0.273 e. The normalized spacial score (nSPS) is 16.9. The van der Waals surface area contributed by atoms with Crippen LogP contribution in [-0.4, -0.2) is 28.1 Å². The second-order valence-corrected chi connectivity index (χ2v) is 11.5. The van der Waals surface area contributed by atoms with Gasteiger partial charge < -0.3 is 16.8 Å². The minimum atomic E-state index is -1.12. The molecule has 0 aliphatic heterocycles. The van der Waals surface area contributed by atoms with Gasteiger partial charge in [-0.25, -0.2) is 4.39 Å². The molecule has 0 radical (unpaired) electrons. The lowest BCUT2D eigenvalue weighted by Gasteiger charge is -2.32. The molecule has 40 heavy (non-hydrogen) atoms. The van der Waals surface area contributed by atoms with Gasteiger partial charge in [0.15, 0.2) is 5.69 Å². The SMILES string of the molecule is NC(=O)c1nsc(C(=O)N(c2ccc(C3CCCCC3)cc2)[C@H](C(=O)NC2CCCC2)c2ccc(F)cc2)c1N. The average molecular weight is 564 g/mol. The van der Waals surface area contributed by atoms with Crippen molar-refractivity contribution in [1.82, 2.24) is 9.69 Å². The zero-order valence-corrected chi connectivity index (χ0v) is 23.1. The van der Waals surface area contributed by atoms with Crippen LogP contribution in [0, 0.1) is 5.82 Å². The number of benzene rings is 2. The van der Waals surface area contributed by atoms with Crippen LogP contribution in [0.1, 0.15) is 101 Å². The number of anilines is 2. The molecule has 8 nitrogen and oxygen atoms in total. The van der Waals surface area contributed by atoms with Gasteiger partial charge in [-0.3, -0.25) is 19.3 Å². The van der Waals surface area contributed by atoms with Gasteiger partial charge in [0.05, 0.1) is 5.69 Å². The molecule has 0 unspecified atom stereocenters. The highest BCUT2D eigenvalue weighted by atomic mass is 32.1. The molecule has 3 aromatic rings. The Bertz CT molecular complexity index is 1360. The number of nitrogens with zero attached hydrogens (tertiary/aromatic N) is 2. The van der Waals surface area contributed by atoms with Gasteiger partial charge in [0.25, 0.3) is 11.8 Å². The van der Waals surface area contributed by atoms with Crippen molar-refractivity contribution in [3.05, 3.63) is 76.0 Å². The highest BCUT2D eigenvalue weighted by Crippen LogP contribution is 2.37. The van der Waals surface area contributed by atoms with Crippen LogP contribution in [0.2, 0.25) is 0 Å². The molecular weight excluding hydrogens is 529 g/mol. The number of carbonyl (C=O) groups is 3. The fourth-order valence-electron chi connectivity index (χ4n) is 5.88. The third-order valence-electron chi connectivity index (χ3n) is 8.02. The predicted molar refractivity (Wildman–Crippen MR) is 154 cm³/mol. The number of nitrogens with one attached hydrogen (secondary N) is 1. The van der Waals surface area contributed by atoms with Gasteiger partial charge in [0, 0.05) is 11.7 Å². The quantitative estimate of drug-likeness (QED) is 0.335. The van der Waals surface area contributed by atoms with Gasteiger partial charge in [-0.1, -0.05) is 56.4 Å². The highest BCUT2D eigenvalue weighted by molar-refractivity contribution is 7.09. The first-order chi connectivity index (χ1) is 19.3. The zero-order chi connectivity index (χ0) is 28.2. The molecule has 0 bridgehead atoms. The molecule has 2 aliphatic carbocycles. The Kier molecular flexibility index (Phi) is 8.44. The van der Waals surface area contributed by atoms with Gasteiger partial charge in [0.2, 0.25) is 5.91 Å². The molecule has 3 amide bonds. The number of carbonyl (C=O) groups excluding carboxylic acids is 3. The van der Waals surface area contributed by atoms with E-state index in [9.17, 15) is 18.8 Å². The highest BCUT2D eigenvalue weighted by Gasteiger charge is 2.37. The maximum absolute atomic E-state index is 14.2. The van der Waals surface area contributed by atoms with E-state index in [2.05, 4.69) is 9.69 Å². The molecule has 1 heterocycles. The van der Waals surface area contributed by atoms with E-state index in [0.717, 1.165) is 50.1 Å². The molecule has 5 N–H and O–H groups in total. The first-order valence-corrected chi connectivity index (χ1v) is 14.6. The molecular formula is C30H34FN5O3S. The minimum Gasteiger partial charge on any atom is -0.395 e. The summed E-state index contributed by atoms with van der Waals surface area (Å²) >= 11 is 0.762. The first kappa shape index (κ1) is 27.8. The monoisotopic (exact) mass is 563 g/mol. The third kappa shape index (κ3) is 5.86. The second-order valence-electron chi connectivity index (χ2n) is 10.7. The van der Waals surface area contributed by atoms with E-state index < -0.39 is 23.7 Å². The minimum absolute atomic E-state index is 0.00369. The summed E-state index contributed by atoms with van der Waals surface area (Å²) < 4.78 is 17.9. The van der Waals surface area contributed by atoms with Crippen LogP contribution in [0.4, 0.5) is 15.8 Å². The largest absolute Gasteiger partial charge is 0.395 e. The molecule has 1 aromatic heterocycles. The van der Waals surface area contributed by atoms with Crippen LogP contribution in [-0.2, 0) is 4.79 Å². The van der Waals surface area contributed by atoms with E-state index in [1.165, 1.54) is 54.0 Å². The predicted octanol–water partition coefficient (Wildman–Crippen LogP) is 5.46. The molecule has 1 atom stereocenters. The van der Waals surface area contributed by atoms with Crippen molar-refractivity contribution in [2.75, 3.05) is 10.6 Å². The van der Waals surface area contributed by atoms with Crippen molar-refractivity contribution < 1.29 is 18.8 Å². The van der Waals surface area contributed by atoms with Crippen LogP contribution < -0.4 is 21.7 Å². The number of rotatable bonds is 8. The Hall–Kier alpha value is -3.79. The number of amides is 3. The Morgan fingerprint density at radius 3 is 2.15 bits per heavy atom. The van der Waals surface area contributed by atoms with Crippen molar-refractivity contribution >= 4 is 40.6 Å². The van der Waals surface area contributed by atoms with E-state index in [4.69, 9.17) is 11.5 Å². The van der Waals surface area contributed by atoms with E-state index in [1.807, 2.05) is 24.3 Å². The lowest BCUT2D eigenvalue weighted by Crippen LogP contribution is -2.46. The summed E-state index contributed by atoms with van der Waals surface area (Å²) in [4.78, 5) is 41.4. The summed E-state index contributed by atoms with van der Waals surface area (Å²) in [6, 6.07) is 12.1. The van der Waals surface area contributed by atoms with Gasteiger partial charge in [0.1, 0.15) is 16.7 Å². The molecule has 5 rings (SSSR count). The van der Waals surface area contributed by atoms with Crippen LogP contribution in [0.15, 0.2) is 48.5 Å². The van der Waals surface area contributed by atoms with Gasteiger partial charge in [-0.05, 0) is 78.5 Å². The second kappa shape index (κ2) is 12.2. The molecule has 2 aliphatic rings. The molecule has 0 saturated heterocycles. The van der Waals surface area contributed by atoms with Crippen molar-refractivity contribution in [2.24, 2.45) is 5.73 Å². The van der Waals surface area contributed by atoms with E-state index in [-0.39, 0.29) is 28.2 Å². The molecule has 2 saturated carbocycles. The van der Waals surface area contributed by atoms with Gasteiger partial charge >= 0.3 is 0 Å². The molecule has 2 fully saturated rings. The Morgan fingerprint density at radius 1 is 0.925 bits per heavy atom. The van der Waals surface area contributed by atoms with E-state index in [0.29, 0.717) is 17.2 Å². The topological polar surface area (TPSA) is 131 Å². The van der Waals surface area contributed by atoms with Crippen molar-refractivity contribution in [3.63, 3.8) is 0 Å². The fraction of sp³-hybridized carbons (Fsp3) is 0.400. The summed E-state index contributed by atoms with van der Waals surface area (Å²) in [7, 11) is 0. The first-order valence-electron chi connectivity index (χ1n) is 13.9. The molecule has 2 aromatic carbocycles. The van der Waals surface area contributed by atoms with Crippen molar-refractivity contribution in [2.45, 2.75) is 75.8 Å². The average Bonchev–Trinajstić information content (AvgIpc) is 3.62. The third-order valence-corrected chi connectivity index (χ3v) is 8.87. The summed E-state index contributed by atoms with van der Waals surface area (Å²) in [5.74, 6) is -1.80. The van der Waals surface area contributed by atoms with Crippen LogP contribution in [0.25, 0.3) is 0 Å². The smallest absolute Gasteiger partial charge is 0.273 e. The number of aromatic nitrogens is 1. The standard InChI is InChI=1S/C30H34FN5O3S/c31-21-14-10-20(11-15-21)26(29(38)34-22-8-4-5-9-22)36(30(39)27-24(32)25(28(33)37)35-40-27)23-16-12-19(13-17-23)18-6-2-1-3-7-18/h10-18,22,26H,1-9,32H2,(H2,33,37)(H,34,38)/t26-/m0/s1. The van der Waals surface area contributed by atoms with Crippen LogP contribution in [0.5, 0.6) is 0 Å². The van der Waals surface area contributed by atoms with Crippen molar-refractivity contribution in [1.29, 1.82) is 0 Å². The number of nitrogen functional groups attached to an aromatic ring is 1. The molecule has 210 valence electrons. The van der Waals surface area contributed by atoms with E-state index in [1.54, 1.807) is 0 Å². The van der Waals surface area contributed by atoms with Gasteiger partial charge in [-0.2, -0.15) is 4.37 Å². The lowest BCUT2D eigenvalue weighted by molar-refractivity contribution is -0.123. The number of hydrogen-bond donors (Lipinski definition) is 3. The Labute approximate surface area is 237 Å². The molecule has 0 spiro atoms. The summed E-state index contributed by atoms with van der Waals surface area (Å²) in [5.41, 5.74) is 13.4. The van der Waals surface area contributed by atoms with Crippen LogP contribution in [0.3, 0.4) is 0 Å². The number of primary amides is 1. The number of nitrogens with two attached hydrogens (primary N) is 2. The Balaban J connectivity index is 1.59. The molecule has 10 heteroatoms. The summed E-state index contributed by atoms with van der Waals surface area (Å²) in [5, 5.41) is 3.11. The Morgan fingerprint density at radius 2 is 1.55 bits per heavy atom. The number of halogens is 1. The summed E-state index contributed by atoms with van der Waals surface area (Å²) in [6.45, 7) is 0. The van der Waals surface area contributed by atoms with E-state index >= 15 is 0 Å². The van der Waals surface area contributed by atoms with Gasteiger partial charge in [-0.15, -0.1) is 0 Å². The van der Waals surface area contributed by atoms with Crippen LogP contribution >= 0.6 is 11.5 Å². The fourth-order valence-corrected chi connectivity index (χ4v) is 6.62. The maximum atomic E-state index is 14.2. The zero-order valence-electron chi connectivity index (χ0n) is 22.3.